The average molecular weight is 326 g/mol. The molecule has 0 aliphatic heterocycles. The Balaban J connectivity index is 2.62. The quantitative estimate of drug-likeness (QED) is 0.926. The van der Waals surface area contributed by atoms with Crippen LogP contribution >= 0.6 is 0 Å². The van der Waals surface area contributed by atoms with Gasteiger partial charge in [0.2, 0.25) is 0 Å². The fourth-order valence-electron chi connectivity index (χ4n) is 3.04. The molecule has 0 radical (unpaired) electrons. The summed E-state index contributed by atoms with van der Waals surface area (Å²) in [5.41, 5.74) is 3.45. The molecule has 4 nitrogen and oxygen atoms in total. The Bertz CT molecular complexity index is 796. The third kappa shape index (κ3) is 3.42. The highest BCUT2D eigenvalue weighted by atomic mass is 16.2. The van der Waals surface area contributed by atoms with Crippen LogP contribution in [-0.4, -0.2) is 27.9 Å². The van der Waals surface area contributed by atoms with Gasteiger partial charge in [0.1, 0.15) is 0 Å². The number of aryl methyl sites for hydroxylation is 2. The lowest BCUT2D eigenvalue weighted by Gasteiger charge is -2.31. The van der Waals surface area contributed by atoms with Crippen LogP contribution in [0, 0.1) is 13.8 Å². The first kappa shape index (κ1) is 18.0. The van der Waals surface area contributed by atoms with Gasteiger partial charge in [-0.1, -0.05) is 18.2 Å². The van der Waals surface area contributed by atoms with E-state index in [0.29, 0.717) is 16.7 Å². The van der Waals surface area contributed by atoms with Crippen LogP contribution in [0.2, 0.25) is 0 Å². The summed E-state index contributed by atoms with van der Waals surface area (Å²) in [7, 11) is 0. The summed E-state index contributed by atoms with van der Waals surface area (Å²) in [6.45, 7) is 11.8. The van der Waals surface area contributed by atoms with Crippen molar-refractivity contribution in [2.75, 3.05) is 0 Å². The van der Waals surface area contributed by atoms with Crippen LogP contribution in [0.15, 0.2) is 35.1 Å². The number of carbonyl (C=O) groups is 1. The van der Waals surface area contributed by atoms with Crippen LogP contribution in [0.5, 0.6) is 0 Å². The zero-order chi connectivity index (χ0) is 18.0. The van der Waals surface area contributed by atoms with Gasteiger partial charge in [0, 0.05) is 28.9 Å². The number of rotatable bonds is 4. The van der Waals surface area contributed by atoms with Crippen molar-refractivity contribution in [1.82, 2.24) is 9.88 Å². The largest absolute Gasteiger partial charge is 0.334 e. The van der Waals surface area contributed by atoms with Gasteiger partial charge in [0.15, 0.2) is 0 Å². The van der Waals surface area contributed by atoms with E-state index in [9.17, 15) is 9.59 Å². The molecule has 2 aromatic rings. The van der Waals surface area contributed by atoms with Gasteiger partial charge >= 0.3 is 0 Å². The second-order valence-electron chi connectivity index (χ2n) is 6.77. The second-order valence-corrected chi connectivity index (χ2v) is 6.77. The fourth-order valence-corrected chi connectivity index (χ4v) is 3.04. The van der Waals surface area contributed by atoms with E-state index in [1.54, 1.807) is 6.07 Å². The predicted molar refractivity (Wildman–Crippen MR) is 98.4 cm³/mol. The van der Waals surface area contributed by atoms with Gasteiger partial charge in [0.25, 0.3) is 11.5 Å². The molecule has 0 aliphatic rings. The maximum Gasteiger partial charge on any atom is 0.256 e. The molecule has 24 heavy (non-hydrogen) atoms. The van der Waals surface area contributed by atoms with E-state index in [1.165, 1.54) is 0 Å². The zero-order valence-corrected chi connectivity index (χ0v) is 15.3. The van der Waals surface area contributed by atoms with E-state index >= 15 is 0 Å². The van der Waals surface area contributed by atoms with Crippen LogP contribution in [-0.2, 0) is 0 Å². The number of nitrogens with zero attached hydrogens (tertiary/aromatic N) is 1. The molecule has 0 saturated heterocycles. The lowest BCUT2D eigenvalue weighted by atomic mass is 9.97. The second kappa shape index (κ2) is 7.04. The molecule has 4 heteroatoms. The van der Waals surface area contributed by atoms with Gasteiger partial charge in [-0.25, -0.2) is 0 Å². The number of aromatic nitrogens is 1. The Hall–Kier alpha value is -2.36. The Morgan fingerprint density at radius 1 is 1.00 bits per heavy atom. The first-order chi connectivity index (χ1) is 11.2. The van der Waals surface area contributed by atoms with Crippen molar-refractivity contribution >= 4 is 5.91 Å². The molecule has 1 aromatic heterocycles. The van der Waals surface area contributed by atoms with Gasteiger partial charge in [0.05, 0.1) is 0 Å². The molecule has 0 aliphatic carbocycles. The van der Waals surface area contributed by atoms with Crippen LogP contribution in [0.1, 0.15) is 49.3 Å². The molecule has 1 heterocycles. The number of H-pyrrole nitrogens is 1. The molecule has 128 valence electrons. The maximum atomic E-state index is 13.1. The van der Waals surface area contributed by atoms with Gasteiger partial charge < -0.3 is 9.88 Å². The number of hydrogen-bond donors (Lipinski definition) is 1. The number of amides is 1. The maximum absolute atomic E-state index is 13.1. The Morgan fingerprint density at radius 3 is 2.17 bits per heavy atom. The number of benzene rings is 1. The van der Waals surface area contributed by atoms with Crippen molar-refractivity contribution in [2.45, 2.75) is 53.6 Å². The standard InChI is InChI=1S/C20H26N2O2/c1-12(2)22(13(3)4)20(24)17-10-8-7-9-16(17)18-11-14(5)15(6)21-19(18)23/h7-13H,1-6H3,(H,21,23). The molecule has 1 N–H and O–H groups in total. The minimum atomic E-state index is -0.168. The Morgan fingerprint density at radius 2 is 1.58 bits per heavy atom. The van der Waals surface area contributed by atoms with Crippen LogP contribution < -0.4 is 5.56 Å². The van der Waals surface area contributed by atoms with Crippen LogP contribution in [0.4, 0.5) is 0 Å². The SMILES string of the molecule is Cc1cc(-c2ccccc2C(=O)N(C(C)C)C(C)C)c(=O)[nH]c1C. The Kier molecular flexibility index (Phi) is 5.27. The first-order valence-electron chi connectivity index (χ1n) is 8.36. The molecule has 0 atom stereocenters. The van der Waals surface area contributed by atoms with Gasteiger partial charge in [-0.3, -0.25) is 9.59 Å². The van der Waals surface area contributed by atoms with Crippen molar-refractivity contribution in [3.05, 3.63) is 57.5 Å². The molecule has 0 spiro atoms. The molecular formula is C20H26N2O2. The smallest absolute Gasteiger partial charge is 0.256 e. The molecule has 1 amide bonds. The summed E-state index contributed by atoms with van der Waals surface area (Å²) in [6, 6.07) is 9.36. The van der Waals surface area contributed by atoms with E-state index in [-0.39, 0.29) is 23.6 Å². The minimum absolute atomic E-state index is 0.0479. The summed E-state index contributed by atoms with van der Waals surface area (Å²) in [5, 5.41) is 0. The summed E-state index contributed by atoms with van der Waals surface area (Å²) >= 11 is 0. The van der Waals surface area contributed by atoms with Crippen molar-refractivity contribution in [2.24, 2.45) is 0 Å². The van der Waals surface area contributed by atoms with Crippen molar-refractivity contribution in [3.8, 4) is 11.1 Å². The molecule has 0 bridgehead atoms. The Labute approximate surface area is 143 Å². The normalized spacial score (nSPS) is 11.2. The summed E-state index contributed by atoms with van der Waals surface area (Å²) in [5.74, 6) is -0.0479. The molecule has 0 unspecified atom stereocenters. The summed E-state index contributed by atoms with van der Waals surface area (Å²) in [6.07, 6.45) is 0. The van der Waals surface area contributed by atoms with E-state index in [4.69, 9.17) is 0 Å². The lowest BCUT2D eigenvalue weighted by molar-refractivity contribution is 0.0644. The lowest BCUT2D eigenvalue weighted by Crippen LogP contribution is -2.42. The molecule has 0 saturated carbocycles. The van der Waals surface area contributed by atoms with E-state index in [1.807, 2.05) is 70.7 Å². The van der Waals surface area contributed by atoms with E-state index < -0.39 is 0 Å². The third-order valence-electron chi connectivity index (χ3n) is 4.29. The highest BCUT2D eigenvalue weighted by Gasteiger charge is 2.24. The van der Waals surface area contributed by atoms with Crippen LogP contribution in [0.3, 0.4) is 0 Å². The van der Waals surface area contributed by atoms with Crippen molar-refractivity contribution in [3.63, 3.8) is 0 Å². The average Bonchev–Trinajstić information content (AvgIpc) is 2.50. The monoisotopic (exact) mass is 326 g/mol. The summed E-state index contributed by atoms with van der Waals surface area (Å²) in [4.78, 5) is 30.2. The van der Waals surface area contributed by atoms with Crippen LogP contribution in [0.25, 0.3) is 11.1 Å². The highest BCUT2D eigenvalue weighted by molar-refractivity contribution is 6.01. The highest BCUT2D eigenvalue weighted by Crippen LogP contribution is 2.24. The molecular weight excluding hydrogens is 300 g/mol. The molecule has 2 rings (SSSR count). The molecule has 0 fully saturated rings. The number of pyridine rings is 1. The number of carbonyl (C=O) groups excluding carboxylic acids is 1. The van der Waals surface area contributed by atoms with E-state index in [2.05, 4.69) is 4.98 Å². The number of nitrogens with one attached hydrogen (secondary N) is 1. The fraction of sp³-hybridized carbons (Fsp3) is 0.400. The first-order valence-corrected chi connectivity index (χ1v) is 8.36. The topological polar surface area (TPSA) is 53.2 Å². The minimum Gasteiger partial charge on any atom is -0.334 e. The van der Waals surface area contributed by atoms with E-state index in [0.717, 1.165) is 11.3 Å². The molecule has 1 aromatic carbocycles. The van der Waals surface area contributed by atoms with Gasteiger partial charge in [-0.2, -0.15) is 0 Å². The van der Waals surface area contributed by atoms with Gasteiger partial charge in [-0.15, -0.1) is 0 Å². The summed E-state index contributed by atoms with van der Waals surface area (Å²) < 4.78 is 0. The number of aromatic amines is 1. The third-order valence-corrected chi connectivity index (χ3v) is 4.29. The predicted octanol–water partition coefficient (Wildman–Crippen LogP) is 3.92. The van der Waals surface area contributed by atoms with Crippen molar-refractivity contribution in [1.29, 1.82) is 0 Å². The van der Waals surface area contributed by atoms with Crippen molar-refractivity contribution < 1.29 is 4.79 Å². The zero-order valence-electron chi connectivity index (χ0n) is 15.3. The number of hydrogen-bond acceptors (Lipinski definition) is 2. The van der Waals surface area contributed by atoms with Gasteiger partial charge in [-0.05, 0) is 64.8 Å².